The van der Waals surface area contributed by atoms with Gasteiger partial charge in [-0.05, 0) is 48.7 Å². The van der Waals surface area contributed by atoms with Crippen molar-refractivity contribution in [2.75, 3.05) is 5.32 Å². The van der Waals surface area contributed by atoms with Gasteiger partial charge in [0.25, 0.3) is 5.91 Å². The largest absolute Gasteiger partial charge is 0.327 e. The molecule has 1 amide bonds. The third-order valence-electron chi connectivity index (χ3n) is 4.66. The first kappa shape index (κ1) is 19.7. The molecule has 0 unspecified atom stereocenters. The summed E-state index contributed by atoms with van der Waals surface area (Å²) in [5, 5.41) is 6.14. The number of amides is 1. The van der Waals surface area contributed by atoms with Gasteiger partial charge in [0.2, 0.25) is 0 Å². The first-order valence-corrected chi connectivity index (χ1v) is 10.6. The molecule has 0 saturated carbocycles. The number of aryl methyl sites for hydroxylation is 1. The van der Waals surface area contributed by atoms with E-state index in [4.69, 9.17) is 23.2 Å². The van der Waals surface area contributed by atoms with Crippen molar-refractivity contribution in [1.82, 2.24) is 4.57 Å². The van der Waals surface area contributed by atoms with Crippen molar-refractivity contribution in [3.63, 3.8) is 0 Å². The maximum absolute atomic E-state index is 13.3. The van der Waals surface area contributed by atoms with Crippen LogP contribution < -0.4 is 10.7 Å². The summed E-state index contributed by atoms with van der Waals surface area (Å²) in [6.07, 6.45) is 0. The number of anilines is 1. The number of nitrogens with zero attached hydrogens (tertiary/aromatic N) is 1. The van der Waals surface area contributed by atoms with Gasteiger partial charge in [0.15, 0.2) is 5.43 Å². The molecule has 4 nitrogen and oxygen atoms in total. The summed E-state index contributed by atoms with van der Waals surface area (Å²) in [6, 6.07) is 15.9. The van der Waals surface area contributed by atoms with Gasteiger partial charge in [-0.25, -0.2) is 0 Å². The van der Waals surface area contributed by atoms with Gasteiger partial charge < -0.3 is 9.88 Å². The normalized spacial score (nSPS) is 11.0. The molecule has 0 bridgehead atoms. The van der Waals surface area contributed by atoms with Gasteiger partial charge in [-0.1, -0.05) is 41.4 Å². The van der Waals surface area contributed by atoms with E-state index in [1.54, 1.807) is 12.1 Å². The van der Waals surface area contributed by atoms with Crippen LogP contribution in [0, 0.1) is 0 Å². The lowest BCUT2D eigenvalue weighted by Crippen LogP contribution is -2.22. The van der Waals surface area contributed by atoms with Crippen molar-refractivity contribution in [1.29, 1.82) is 0 Å². The number of para-hydroxylation sites is 1. The number of rotatable bonds is 4. The molecule has 0 radical (unpaired) electrons. The maximum Gasteiger partial charge on any atom is 0.258 e. The van der Waals surface area contributed by atoms with Crippen LogP contribution in [-0.4, -0.2) is 10.5 Å². The summed E-state index contributed by atoms with van der Waals surface area (Å²) in [5.41, 5.74) is 1.40. The Morgan fingerprint density at radius 1 is 1.10 bits per heavy atom. The van der Waals surface area contributed by atoms with Gasteiger partial charge in [-0.15, -0.1) is 11.3 Å². The van der Waals surface area contributed by atoms with Crippen LogP contribution in [0.25, 0.3) is 21.3 Å². The number of thiophene rings is 1. The van der Waals surface area contributed by atoms with Gasteiger partial charge in [-0.3, -0.25) is 9.59 Å². The summed E-state index contributed by atoms with van der Waals surface area (Å²) >= 11 is 13.6. The second-order valence-corrected chi connectivity index (χ2v) is 8.16. The molecule has 0 spiro atoms. The van der Waals surface area contributed by atoms with Crippen LogP contribution >= 0.6 is 34.5 Å². The zero-order valence-electron chi connectivity index (χ0n) is 15.4. The standard InChI is InChI=1S/C22H16Cl2N2O2S/c1-2-26-17-7-4-3-6-15(17)20(27)19(18-8-5-11-29-18)21(26)25-22(28)14-10-9-13(23)12-16(14)24/h3-12H,2H2,1H3,(H,25,28). The van der Waals surface area contributed by atoms with E-state index in [2.05, 4.69) is 5.32 Å². The van der Waals surface area contributed by atoms with E-state index in [1.165, 1.54) is 17.4 Å². The number of hydrogen-bond donors (Lipinski definition) is 1. The fourth-order valence-electron chi connectivity index (χ4n) is 3.35. The quantitative estimate of drug-likeness (QED) is 0.402. The highest BCUT2D eigenvalue weighted by atomic mass is 35.5. The molecule has 0 aliphatic carbocycles. The molecule has 0 saturated heterocycles. The van der Waals surface area contributed by atoms with Crippen molar-refractivity contribution < 1.29 is 4.79 Å². The fourth-order valence-corrected chi connectivity index (χ4v) is 4.62. The minimum absolute atomic E-state index is 0.120. The van der Waals surface area contributed by atoms with E-state index in [0.29, 0.717) is 28.3 Å². The highest BCUT2D eigenvalue weighted by Crippen LogP contribution is 2.32. The van der Waals surface area contributed by atoms with Gasteiger partial charge >= 0.3 is 0 Å². The van der Waals surface area contributed by atoms with Crippen LogP contribution in [0.4, 0.5) is 5.82 Å². The lowest BCUT2D eigenvalue weighted by Gasteiger charge is -2.20. The molecule has 1 N–H and O–H groups in total. The molecule has 0 aliphatic rings. The molecule has 2 aromatic carbocycles. The molecule has 7 heteroatoms. The molecule has 0 aliphatic heterocycles. The van der Waals surface area contributed by atoms with E-state index in [-0.39, 0.29) is 16.0 Å². The minimum Gasteiger partial charge on any atom is -0.327 e. The number of benzene rings is 2. The number of hydrogen-bond acceptors (Lipinski definition) is 3. The Kier molecular flexibility index (Phi) is 5.46. The zero-order chi connectivity index (χ0) is 20.5. The van der Waals surface area contributed by atoms with Crippen LogP contribution in [0.5, 0.6) is 0 Å². The van der Waals surface area contributed by atoms with Gasteiger partial charge in [-0.2, -0.15) is 0 Å². The highest BCUT2D eigenvalue weighted by Gasteiger charge is 2.21. The highest BCUT2D eigenvalue weighted by molar-refractivity contribution is 7.13. The van der Waals surface area contributed by atoms with Crippen molar-refractivity contribution in [3.8, 4) is 10.4 Å². The molecule has 0 atom stereocenters. The number of aromatic nitrogens is 1. The summed E-state index contributed by atoms with van der Waals surface area (Å²) in [5.74, 6) is 0.0519. The molecule has 2 aromatic heterocycles. The SMILES string of the molecule is CCn1c(NC(=O)c2ccc(Cl)cc2Cl)c(-c2cccs2)c(=O)c2ccccc21. The van der Waals surface area contributed by atoms with E-state index in [0.717, 1.165) is 10.4 Å². The average molecular weight is 443 g/mol. The van der Waals surface area contributed by atoms with Crippen LogP contribution in [0.15, 0.2) is 64.8 Å². The van der Waals surface area contributed by atoms with Crippen LogP contribution in [0.1, 0.15) is 17.3 Å². The van der Waals surface area contributed by atoms with Crippen molar-refractivity contribution >= 4 is 57.2 Å². The van der Waals surface area contributed by atoms with Crippen LogP contribution in [0.2, 0.25) is 10.0 Å². The summed E-state index contributed by atoms with van der Waals surface area (Å²) < 4.78 is 1.94. The lowest BCUT2D eigenvalue weighted by molar-refractivity contribution is 0.102. The van der Waals surface area contributed by atoms with Crippen molar-refractivity contribution in [3.05, 3.63) is 85.8 Å². The summed E-state index contributed by atoms with van der Waals surface area (Å²) in [7, 11) is 0. The van der Waals surface area contributed by atoms with E-state index in [9.17, 15) is 9.59 Å². The Labute approximate surface area is 181 Å². The molecule has 0 fully saturated rings. The number of nitrogens with one attached hydrogen (secondary N) is 1. The number of carbonyl (C=O) groups is 1. The van der Waals surface area contributed by atoms with Crippen LogP contribution in [0.3, 0.4) is 0 Å². The first-order chi connectivity index (χ1) is 14.0. The van der Waals surface area contributed by atoms with Crippen molar-refractivity contribution in [2.45, 2.75) is 13.5 Å². The molecule has 146 valence electrons. The van der Waals surface area contributed by atoms with Gasteiger partial charge in [0, 0.05) is 21.8 Å². The van der Waals surface area contributed by atoms with Crippen molar-refractivity contribution in [2.24, 2.45) is 0 Å². The van der Waals surface area contributed by atoms with E-state index >= 15 is 0 Å². The molecular weight excluding hydrogens is 427 g/mol. The van der Waals surface area contributed by atoms with Gasteiger partial charge in [0.05, 0.1) is 21.7 Å². The lowest BCUT2D eigenvalue weighted by atomic mass is 10.1. The average Bonchev–Trinajstić information content (AvgIpc) is 3.22. The Morgan fingerprint density at radius 3 is 2.59 bits per heavy atom. The topological polar surface area (TPSA) is 51.1 Å². The fraction of sp³-hybridized carbons (Fsp3) is 0.0909. The number of carbonyl (C=O) groups excluding carboxylic acids is 1. The third-order valence-corrected chi connectivity index (χ3v) is 6.10. The Hall–Kier alpha value is -2.60. The minimum atomic E-state index is -0.402. The summed E-state index contributed by atoms with van der Waals surface area (Å²) in [4.78, 5) is 27.2. The second-order valence-electron chi connectivity index (χ2n) is 6.37. The molecule has 4 aromatic rings. The Morgan fingerprint density at radius 2 is 1.90 bits per heavy atom. The third kappa shape index (κ3) is 3.57. The molecule has 2 heterocycles. The predicted octanol–water partition coefficient (Wildman–Crippen LogP) is 6.31. The zero-order valence-corrected chi connectivity index (χ0v) is 17.7. The molecule has 29 heavy (non-hydrogen) atoms. The predicted molar refractivity (Wildman–Crippen MR) is 122 cm³/mol. The Balaban J connectivity index is 1.96. The first-order valence-electron chi connectivity index (χ1n) is 8.97. The number of fused-ring (bicyclic) bond motifs is 1. The monoisotopic (exact) mass is 442 g/mol. The smallest absolute Gasteiger partial charge is 0.258 e. The van der Waals surface area contributed by atoms with E-state index in [1.807, 2.05) is 53.3 Å². The van der Waals surface area contributed by atoms with Crippen LogP contribution in [-0.2, 0) is 6.54 Å². The number of pyridine rings is 1. The molecular formula is C22H16Cl2N2O2S. The maximum atomic E-state index is 13.3. The Bertz CT molecular complexity index is 1280. The summed E-state index contributed by atoms with van der Waals surface area (Å²) in [6.45, 7) is 2.54. The van der Waals surface area contributed by atoms with Gasteiger partial charge in [0.1, 0.15) is 5.82 Å². The number of halogens is 2. The second kappa shape index (κ2) is 8.03. The molecule has 4 rings (SSSR count). The van der Waals surface area contributed by atoms with E-state index < -0.39 is 5.91 Å².